The molecule has 2 heterocycles. The molecule has 37 heavy (non-hydrogen) atoms. The van der Waals surface area contributed by atoms with E-state index in [-0.39, 0.29) is 22.0 Å². The smallest absolute Gasteiger partial charge is 0.292 e. The standard InChI is InChI=1S/C12H12N4O2.C6H6N2O2.C5H6ClN3/c1-13-12-7-10(14-8-15-12)6-9-4-2-3-5-11(9)16(17)18;7-5-3-1-2-4-6(5)8(9)10;1-7-5-2-4(6)8-3-9-5/h2-5,7-8H,6H2,1H3,(H,13,14,15);1-4H,7H2;2-3H,1H3,(H,7,8,9). The summed E-state index contributed by atoms with van der Waals surface area (Å²) in [6.45, 7) is 0. The summed E-state index contributed by atoms with van der Waals surface area (Å²) in [5, 5.41) is 27.2. The third kappa shape index (κ3) is 9.33. The first-order chi connectivity index (χ1) is 17.7. The number of nitrogens with one attached hydrogen (secondary N) is 2. The van der Waals surface area contributed by atoms with Crippen LogP contribution >= 0.6 is 11.6 Å². The lowest BCUT2D eigenvalue weighted by Gasteiger charge is -2.04. The van der Waals surface area contributed by atoms with Crippen LogP contribution in [-0.4, -0.2) is 43.9 Å². The van der Waals surface area contributed by atoms with Crippen molar-refractivity contribution in [2.24, 2.45) is 0 Å². The van der Waals surface area contributed by atoms with Gasteiger partial charge in [-0.25, -0.2) is 19.9 Å². The predicted octanol–water partition coefficient (Wildman–Crippen LogP) is 4.37. The van der Waals surface area contributed by atoms with E-state index in [9.17, 15) is 20.2 Å². The van der Waals surface area contributed by atoms with E-state index < -0.39 is 4.92 Å². The normalized spacial score (nSPS) is 9.59. The minimum Gasteiger partial charge on any atom is -0.393 e. The van der Waals surface area contributed by atoms with Crippen molar-refractivity contribution in [1.82, 2.24) is 19.9 Å². The van der Waals surface area contributed by atoms with Gasteiger partial charge < -0.3 is 16.4 Å². The molecule has 192 valence electrons. The highest BCUT2D eigenvalue weighted by Gasteiger charge is 2.13. The van der Waals surface area contributed by atoms with E-state index in [4.69, 9.17) is 17.3 Å². The third-order valence-corrected chi connectivity index (χ3v) is 4.77. The van der Waals surface area contributed by atoms with Crippen LogP contribution in [-0.2, 0) is 6.42 Å². The summed E-state index contributed by atoms with van der Waals surface area (Å²) < 4.78 is 0. The molecule has 4 N–H and O–H groups in total. The van der Waals surface area contributed by atoms with Crippen LogP contribution in [0.1, 0.15) is 11.3 Å². The Bertz CT molecular complexity index is 1340. The highest BCUT2D eigenvalue weighted by Crippen LogP contribution is 2.21. The third-order valence-electron chi connectivity index (χ3n) is 4.56. The van der Waals surface area contributed by atoms with Crippen molar-refractivity contribution in [1.29, 1.82) is 0 Å². The number of benzene rings is 2. The Balaban J connectivity index is 0.000000214. The van der Waals surface area contributed by atoms with Gasteiger partial charge in [0.2, 0.25) is 0 Å². The molecule has 0 aliphatic carbocycles. The number of hydrogen-bond acceptors (Lipinski definition) is 11. The van der Waals surface area contributed by atoms with Crippen molar-refractivity contribution in [3.63, 3.8) is 0 Å². The Morgan fingerprint density at radius 3 is 1.86 bits per heavy atom. The monoisotopic (exact) mass is 525 g/mol. The number of hydrogen-bond donors (Lipinski definition) is 3. The number of nitro groups is 2. The Morgan fingerprint density at radius 2 is 1.35 bits per heavy atom. The van der Waals surface area contributed by atoms with Crippen molar-refractivity contribution in [2.75, 3.05) is 30.5 Å². The zero-order valence-corrected chi connectivity index (χ0v) is 20.7. The van der Waals surface area contributed by atoms with Gasteiger partial charge in [-0.2, -0.15) is 0 Å². The number of nitrogens with two attached hydrogens (primary N) is 1. The first-order valence-electron chi connectivity index (χ1n) is 10.6. The molecule has 4 rings (SSSR count). The zero-order valence-electron chi connectivity index (χ0n) is 19.9. The van der Waals surface area contributed by atoms with Crippen LogP contribution in [0.25, 0.3) is 0 Å². The number of para-hydroxylation sites is 3. The Morgan fingerprint density at radius 1 is 0.811 bits per heavy atom. The van der Waals surface area contributed by atoms with Crippen molar-refractivity contribution in [3.8, 4) is 0 Å². The fourth-order valence-corrected chi connectivity index (χ4v) is 2.94. The van der Waals surface area contributed by atoms with E-state index in [0.717, 1.165) is 11.5 Å². The van der Waals surface area contributed by atoms with Crippen LogP contribution in [0.15, 0.2) is 73.3 Å². The van der Waals surface area contributed by atoms with Gasteiger partial charge in [-0.1, -0.05) is 41.9 Å². The van der Waals surface area contributed by atoms with Gasteiger partial charge in [0.1, 0.15) is 35.1 Å². The molecule has 2 aromatic heterocycles. The average molecular weight is 526 g/mol. The maximum atomic E-state index is 10.9. The van der Waals surface area contributed by atoms with Gasteiger partial charge in [0.25, 0.3) is 11.4 Å². The molecule has 13 nitrogen and oxygen atoms in total. The molecule has 0 unspecified atom stereocenters. The number of halogens is 1. The summed E-state index contributed by atoms with van der Waals surface area (Å²) >= 11 is 5.53. The van der Waals surface area contributed by atoms with E-state index in [0.29, 0.717) is 23.0 Å². The molecule has 0 aliphatic heterocycles. The zero-order chi connectivity index (χ0) is 27.2. The second-order valence-electron chi connectivity index (χ2n) is 7.00. The first kappa shape index (κ1) is 28.3. The number of nitro benzene ring substituents is 2. The largest absolute Gasteiger partial charge is 0.393 e. The van der Waals surface area contributed by atoms with Gasteiger partial charge in [-0.3, -0.25) is 20.2 Å². The molecule has 4 aromatic rings. The average Bonchev–Trinajstić information content (AvgIpc) is 2.90. The molecule has 14 heteroatoms. The van der Waals surface area contributed by atoms with E-state index in [2.05, 4.69) is 30.6 Å². The lowest BCUT2D eigenvalue weighted by molar-refractivity contribution is -0.385. The summed E-state index contributed by atoms with van der Waals surface area (Å²) in [4.78, 5) is 35.8. The van der Waals surface area contributed by atoms with Crippen LogP contribution in [0, 0.1) is 20.2 Å². The van der Waals surface area contributed by atoms with Gasteiger partial charge >= 0.3 is 0 Å². The quantitative estimate of drug-likeness (QED) is 0.140. The number of rotatable bonds is 6. The first-order valence-corrected chi connectivity index (χ1v) is 11.0. The summed E-state index contributed by atoms with van der Waals surface area (Å²) in [7, 11) is 3.54. The van der Waals surface area contributed by atoms with E-state index in [1.165, 1.54) is 30.9 Å². The van der Waals surface area contributed by atoms with Gasteiger partial charge in [0.15, 0.2) is 0 Å². The fraction of sp³-hybridized carbons (Fsp3) is 0.130. The molecule has 0 bridgehead atoms. The molecule has 0 radical (unpaired) electrons. The van der Waals surface area contributed by atoms with E-state index in [1.807, 2.05) is 0 Å². The maximum absolute atomic E-state index is 10.9. The molecule has 0 saturated carbocycles. The van der Waals surface area contributed by atoms with Crippen molar-refractivity contribution >= 4 is 40.3 Å². The van der Waals surface area contributed by atoms with Crippen LogP contribution in [0.3, 0.4) is 0 Å². The van der Waals surface area contributed by atoms with Crippen LogP contribution in [0.5, 0.6) is 0 Å². The molecule has 0 saturated heterocycles. The SMILES string of the molecule is CNc1cc(Cc2ccccc2[N+](=O)[O-])ncn1.CNc1cc(Cl)ncn1.Nc1ccccc1[N+](=O)[O-]. The molecule has 0 fully saturated rings. The summed E-state index contributed by atoms with van der Waals surface area (Å²) in [6, 6.07) is 16.2. The van der Waals surface area contributed by atoms with Crippen molar-refractivity contribution in [3.05, 3.63) is 110 Å². The van der Waals surface area contributed by atoms with Crippen LogP contribution in [0.2, 0.25) is 5.15 Å². The molecule has 0 atom stereocenters. The Hall–Kier alpha value is -4.91. The Kier molecular flexibility index (Phi) is 11.1. The predicted molar refractivity (Wildman–Crippen MR) is 142 cm³/mol. The van der Waals surface area contributed by atoms with Crippen molar-refractivity contribution in [2.45, 2.75) is 6.42 Å². The van der Waals surface area contributed by atoms with E-state index in [1.54, 1.807) is 56.6 Å². The molecule has 0 amide bonds. The fourth-order valence-electron chi connectivity index (χ4n) is 2.79. The maximum Gasteiger partial charge on any atom is 0.292 e. The van der Waals surface area contributed by atoms with Gasteiger partial charge in [0.05, 0.1) is 15.5 Å². The highest BCUT2D eigenvalue weighted by molar-refractivity contribution is 6.29. The Labute approximate surface area is 217 Å². The minimum atomic E-state index is -0.505. The van der Waals surface area contributed by atoms with Gasteiger partial charge in [0, 0.05) is 50.3 Å². The lowest BCUT2D eigenvalue weighted by Crippen LogP contribution is -2.00. The topological polar surface area (TPSA) is 188 Å². The molecular weight excluding hydrogens is 502 g/mol. The van der Waals surface area contributed by atoms with Crippen LogP contribution < -0.4 is 16.4 Å². The molecule has 0 aliphatic rings. The second kappa shape index (κ2) is 14.5. The molecule has 2 aromatic carbocycles. The number of aromatic nitrogens is 4. The molecular formula is C23H24ClN9O4. The molecule has 0 spiro atoms. The van der Waals surface area contributed by atoms with E-state index >= 15 is 0 Å². The summed E-state index contributed by atoms with van der Waals surface area (Å²) in [5.74, 6) is 1.42. The number of nitrogens with zero attached hydrogens (tertiary/aromatic N) is 6. The van der Waals surface area contributed by atoms with Crippen molar-refractivity contribution < 1.29 is 9.85 Å². The minimum absolute atomic E-state index is 0.0394. The summed E-state index contributed by atoms with van der Waals surface area (Å²) in [5.41, 5.74) is 6.94. The van der Waals surface area contributed by atoms with Gasteiger partial charge in [-0.15, -0.1) is 0 Å². The highest BCUT2D eigenvalue weighted by atomic mass is 35.5. The number of anilines is 3. The number of nitrogen functional groups attached to an aromatic ring is 1. The lowest BCUT2D eigenvalue weighted by atomic mass is 10.1. The summed E-state index contributed by atoms with van der Waals surface area (Å²) in [6.07, 6.45) is 3.26. The van der Waals surface area contributed by atoms with Crippen LogP contribution in [0.4, 0.5) is 28.7 Å². The second-order valence-corrected chi connectivity index (χ2v) is 7.39. The van der Waals surface area contributed by atoms with Gasteiger partial charge in [-0.05, 0) is 6.07 Å².